The van der Waals surface area contributed by atoms with Gasteiger partial charge in [-0.25, -0.2) is 0 Å². The summed E-state index contributed by atoms with van der Waals surface area (Å²) in [4.78, 5) is 42.5. The summed E-state index contributed by atoms with van der Waals surface area (Å²) < 4.78 is 0. The zero-order chi connectivity index (χ0) is 19.6. The number of fused-ring (bicyclic) bond motifs is 5. The van der Waals surface area contributed by atoms with Crippen molar-refractivity contribution >= 4 is 23.7 Å². The Hall–Kier alpha value is -3.21. The van der Waals surface area contributed by atoms with Crippen molar-refractivity contribution in [2.24, 2.45) is 11.8 Å². The van der Waals surface area contributed by atoms with Crippen LogP contribution in [0.15, 0.2) is 54.7 Å². The maximum absolute atomic E-state index is 13.5. The van der Waals surface area contributed by atoms with Crippen molar-refractivity contribution in [2.75, 3.05) is 7.05 Å². The molecule has 0 bridgehead atoms. The van der Waals surface area contributed by atoms with Crippen LogP contribution in [0.3, 0.4) is 0 Å². The van der Waals surface area contributed by atoms with Crippen molar-refractivity contribution in [3.63, 3.8) is 0 Å². The summed E-state index contributed by atoms with van der Waals surface area (Å²) >= 11 is 0. The number of ketones is 1. The van der Waals surface area contributed by atoms with Gasteiger partial charge in [0.25, 0.3) is 0 Å². The van der Waals surface area contributed by atoms with Crippen LogP contribution in [0.4, 0.5) is 0 Å². The highest BCUT2D eigenvalue weighted by Gasteiger charge is 2.63. The smallest absolute Gasteiger partial charge is 0.235 e. The zero-order valence-corrected chi connectivity index (χ0v) is 15.7. The van der Waals surface area contributed by atoms with E-state index in [2.05, 4.69) is 0 Å². The first-order valence-corrected chi connectivity index (χ1v) is 9.46. The number of carbonyl (C=O) groups is 3. The monoisotopic (exact) mass is 372 g/mol. The molecular formula is C23H20N2O3. The molecule has 0 N–H and O–H groups in total. The van der Waals surface area contributed by atoms with Crippen LogP contribution in [0.5, 0.6) is 0 Å². The minimum Gasteiger partial charge on any atom is -0.358 e. The molecule has 2 amide bonds. The molecule has 140 valence electrons. The number of nitrogens with zero attached hydrogens (tertiary/aromatic N) is 2. The summed E-state index contributed by atoms with van der Waals surface area (Å²) in [5.41, 5.74) is 3.66. The largest absolute Gasteiger partial charge is 0.358 e. The SMILES string of the molecule is Cc1ccc(C(=O)[C@@H]2[C@@H]3C(=O)N(C)C(=O)[C@H]3[C@@H]3c4ccccc4C=CN23)cc1. The number of hydrogen-bond donors (Lipinski definition) is 0. The molecule has 2 fully saturated rings. The van der Waals surface area contributed by atoms with E-state index in [1.165, 1.54) is 11.9 Å². The number of rotatable bonds is 2. The Labute approximate surface area is 163 Å². The van der Waals surface area contributed by atoms with Gasteiger partial charge in [-0.3, -0.25) is 19.3 Å². The number of benzene rings is 2. The fourth-order valence-corrected chi connectivity index (χ4v) is 4.89. The van der Waals surface area contributed by atoms with Crippen LogP contribution in [0, 0.1) is 18.8 Å². The molecule has 5 nitrogen and oxygen atoms in total. The maximum atomic E-state index is 13.5. The maximum Gasteiger partial charge on any atom is 0.235 e. The van der Waals surface area contributed by atoms with E-state index in [9.17, 15) is 14.4 Å². The second-order valence-corrected chi connectivity index (χ2v) is 7.80. The second kappa shape index (κ2) is 5.89. The lowest BCUT2D eigenvalue weighted by molar-refractivity contribution is -0.139. The molecule has 0 spiro atoms. The van der Waals surface area contributed by atoms with E-state index in [0.29, 0.717) is 5.56 Å². The fourth-order valence-electron chi connectivity index (χ4n) is 4.89. The quantitative estimate of drug-likeness (QED) is 0.601. The molecule has 5 heteroatoms. The molecule has 0 aliphatic carbocycles. The molecular weight excluding hydrogens is 352 g/mol. The van der Waals surface area contributed by atoms with Gasteiger partial charge in [-0.2, -0.15) is 0 Å². The van der Waals surface area contributed by atoms with Gasteiger partial charge in [0.1, 0.15) is 6.04 Å². The summed E-state index contributed by atoms with van der Waals surface area (Å²) in [7, 11) is 1.52. The molecule has 2 aromatic rings. The molecule has 5 rings (SSSR count). The Morgan fingerprint density at radius 3 is 2.36 bits per heavy atom. The topological polar surface area (TPSA) is 57.7 Å². The van der Waals surface area contributed by atoms with Crippen molar-refractivity contribution in [2.45, 2.75) is 19.0 Å². The third kappa shape index (κ3) is 2.16. The van der Waals surface area contributed by atoms with Crippen LogP contribution in [-0.2, 0) is 9.59 Å². The highest BCUT2D eigenvalue weighted by Crippen LogP contribution is 2.52. The summed E-state index contributed by atoms with van der Waals surface area (Å²) in [6.07, 6.45) is 3.84. The van der Waals surface area contributed by atoms with E-state index in [0.717, 1.165) is 16.7 Å². The number of carbonyl (C=O) groups excluding carboxylic acids is 3. The average Bonchev–Trinajstić information content (AvgIpc) is 3.17. The molecule has 2 aromatic carbocycles. The highest BCUT2D eigenvalue weighted by molar-refractivity contribution is 6.11. The van der Waals surface area contributed by atoms with Gasteiger partial charge in [0.15, 0.2) is 5.78 Å². The molecule has 3 aliphatic rings. The highest BCUT2D eigenvalue weighted by atomic mass is 16.2. The summed E-state index contributed by atoms with van der Waals surface area (Å²) in [6, 6.07) is 14.3. The van der Waals surface area contributed by atoms with Crippen LogP contribution in [0.1, 0.15) is 33.1 Å². The van der Waals surface area contributed by atoms with Gasteiger partial charge in [0.2, 0.25) is 11.8 Å². The Morgan fingerprint density at radius 2 is 1.61 bits per heavy atom. The molecule has 0 unspecified atom stereocenters. The number of imide groups is 1. The number of hydrogen-bond acceptors (Lipinski definition) is 4. The van der Waals surface area contributed by atoms with Gasteiger partial charge in [-0.05, 0) is 24.1 Å². The van der Waals surface area contributed by atoms with E-state index >= 15 is 0 Å². The van der Waals surface area contributed by atoms with Crippen LogP contribution < -0.4 is 0 Å². The van der Waals surface area contributed by atoms with Crippen molar-refractivity contribution < 1.29 is 14.4 Å². The number of aryl methyl sites for hydroxylation is 1. The average molecular weight is 372 g/mol. The fraction of sp³-hybridized carbons (Fsp3) is 0.261. The lowest BCUT2D eigenvalue weighted by Crippen LogP contribution is -2.43. The Morgan fingerprint density at radius 1 is 0.929 bits per heavy atom. The lowest BCUT2D eigenvalue weighted by atomic mass is 9.83. The first-order valence-electron chi connectivity index (χ1n) is 9.46. The predicted molar refractivity (Wildman–Crippen MR) is 104 cm³/mol. The Bertz CT molecular complexity index is 1040. The van der Waals surface area contributed by atoms with Crippen molar-refractivity contribution in [3.05, 3.63) is 77.0 Å². The van der Waals surface area contributed by atoms with Crippen molar-refractivity contribution in [1.29, 1.82) is 0 Å². The number of Topliss-reactive ketones (excluding diaryl/α,β-unsaturated/α-hetero) is 1. The van der Waals surface area contributed by atoms with Gasteiger partial charge in [0.05, 0.1) is 17.9 Å². The summed E-state index contributed by atoms with van der Waals surface area (Å²) in [5.74, 6) is -1.77. The minimum absolute atomic E-state index is 0.113. The van der Waals surface area contributed by atoms with Crippen LogP contribution in [-0.4, -0.2) is 40.5 Å². The Kier molecular flexibility index (Phi) is 3.56. The first kappa shape index (κ1) is 16.9. The first-order chi connectivity index (χ1) is 13.5. The summed E-state index contributed by atoms with van der Waals surface area (Å²) in [6.45, 7) is 1.97. The van der Waals surface area contributed by atoms with E-state index < -0.39 is 17.9 Å². The zero-order valence-electron chi connectivity index (χ0n) is 15.7. The molecule has 28 heavy (non-hydrogen) atoms. The van der Waals surface area contributed by atoms with Crippen LogP contribution in [0.2, 0.25) is 0 Å². The van der Waals surface area contributed by atoms with Gasteiger partial charge in [-0.15, -0.1) is 0 Å². The summed E-state index contributed by atoms with van der Waals surface area (Å²) in [5, 5.41) is 0. The number of likely N-dealkylation sites (tertiary alicyclic amines) is 1. The van der Waals surface area contributed by atoms with Crippen LogP contribution in [0.25, 0.3) is 6.08 Å². The standard InChI is InChI=1S/C23H20N2O3/c1-13-7-9-15(10-8-13)21(26)20-18-17(22(27)24(2)23(18)28)19-16-6-4-3-5-14(16)11-12-25(19)20/h3-12,17-20H,1-2H3/t17-,18-,19+,20+/m1/s1. The van der Waals surface area contributed by atoms with E-state index in [4.69, 9.17) is 0 Å². The van der Waals surface area contributed by atoms with Crippen LogP contribution >= 0.6 is 0 Å². The molecule has 0 aromatic heterocycles. The minimum atomic E-state index is -0.677. The molecule has 3 aliphatic heterocycles. The number of amides is 2. The molecule has 0 saturated carbocycles. The molecule has 2 saturated heterocycles. The molecule has 4 atom stereocenters. The second-order valence-electron chi connectivity index (χ2n) is 7.80. The Balaban J connectivity index is 1.65. The third-order valence-corrected chi connectivity index (χ3v) is 6.29. The van der Waals surface area contributed by atoms with Gasteiger partial charge in [-0.1, -0.05) is 54.1 Å². The van der Waals surface area contributed by atoms with Crippen molar-refractivity contribution in [3.8, 4) is 0 Å². The van der Waals surface area contributed by atoms with Gasteiger partial charge >= 0.3 is 0 Å². The van der Waals surface area contributed by atoms with E-state index in [1.807, 2.05) is 60.5 Å². The van der Waals surface area contributed by atoms with E-state index in [-0.39, 0.29) is 23.6 Å². The normalized spacial score (nSPS) is 27.6. The third-order valence-electron chi connectivity index (χ3n) is 6.29. The molecule has 0 radical (unpaired) electrons. The van der Waals surface area contributed by atoms with Gasteiger partial charge < -0.3 is 4.90 Å². The van der Waals surface area contributed by atoms with Gasteiger partial charge in [0, 0.05) is 18.8 Å². The lowest BCUT2D eigenvalue weighted by Gasteiger charge is -2.35. The van der Waals surface area contributed by atoms with Crippen molar-refractivity contribution in [1.82, 2.24) is 9.80 Å². The predicted octanol–water partition coefficient (Wildman–Crippen LogP) is 2.82. The molecule has 3 heterocycles. The van der Waals surface area contributed by atoms with E-state index in [1.54, 1.807) is 12.1 Å².